The van der Waals surface area contributed by atoms with Gasteiger partial charge in [-0.2, -0.15) is 22.9 Å². The van der Waals surface area contributed by atoms with Crippen LogP contribution in [-0.2, 0) is 17.3 Å². The first-order chi connectivity index (χ1) is 19.5. The van der Waals surface area contributed by atoms with Crippen molar-refractivity contribution in [3.05, 3.63) is 41.5 Å². The molecular weight excluding hydrogens is 539 g/mol. The summed E-state index contributed by atoms with van der Waals surface area (Å²) in [6, 6.07) is 8.21. The number of alkyl halides is 3. The number of likely N-dealkylation sites (tertiary alicyclic amines) is 1. The molecule has 1 aromatic heterocycles. The van der Waals surface area contributed by atoms with Crippen molar-refractivity contribution in [2.75, 3.05) is 52.4 Å². The maximum atomic E-state index is 13.2. The van der Waals surface area contributed by atoms with Crippen molar-refractivity contribution in [1.29, 1.82) is 0 Å². The molecule has 0 bridgehead atoms. The zero-order chi connectivity index (χ0) is 29.2. The maximum Gasteiger partial charge on any atom is 0.453 e. The SMILES string of the molecule is CC(C)(C)OC(=O)N1CCN(CCOc2ccc(C3CCN(C4=Nn5c(nnc5C(F)(F)F)CC4)CC3)cc2)CC1. The number of aryl methyl sites for hydroxylation is 1. The van der Waals surface area contributed by atoms with Crippen LogP contribution in [-0.4, -0.2) is 99.5 Å². The highest BCUT2D eigenvalue weighted by molar-refractivity contribution is 5.83. The molecule has 1 aromatic carbocycles. The molecule has 0 N–H and O–H groups in total. The lowest BCUT2D eigenvalue weighted by Crippen LogP contribution is -2.50. The van der Waals surface area contributed by atoms with Crippen LogP contribution in [0.25, 0.3) is 0 Å². The molecule has 3 aliphatic rings. The number of benzene rings is 1. The van der Waals surface area contributed by atoms with Crippen molar-refractivity contribution in [2.24, 2.45) is 5.10 Å². The Balaban J connectivity index is 1.05. The highest BCUT2D eigenvalue weighted by Gasteiger charge is 2.40. The molecule has 224 valence electrons. The number of nitrogens with zero attached hydrogens (tertiary/aromatic N) is 7. The fraction of sp³-hybridized carbons (Fsp3) is 0.643. The van der Waals surface area contributed by atoms with Crippen LogP contribution in [0.2, 0.25) is 0 Å². The van der Waals surface area contributed by atoms with Gasteiger partial charge in [-0.25, -0.2) is 4.79 Å². The van der Waals surface area contributed by atoms with E-state index in [1.807, 2.05) is 32.9 Å². The molecule has 2 saturated heterocycles. The predicted octanol–water partition coefficient (Wildman–Crippen LogP) is 4.22. The van der Waals surface area contributed by atoms with Crippen LogP contribution < -0.4 is 4.74 Å². The Hall–Kier alpha value is -3.35. The van der Waals surface area contributed by atoms with Crippen molar-refractivity contribution < 1.29 is 27.4 Å². The molecule has 0 spiro atoms. The minimum Gasteiger partial charge on any atom is -0.492 e. The van der Waals surface area contributed by atoms with Crippen LogP contribution in [0.15, 0.2) is 29.4 Å². The number of amidine groups is 1. The molecule has 0 atom stereocenters. The summed E-state index contributed by atoms with van der Waals surface area (Å²) >= 11 is 0. The van der Waals surface area contributed by atoms with Crippen LogP contribution in [0.5, 0.6) is 5.75 Å². The van der Waals surface area contributed by atoms with Gasteiger partial charge in [-0.1, -0.05) is 12.1 Å². The molecule has 41 heavy (non-hydrogen) atoms. The number of aromatic nitrogens is 3. The van der Waals surface area contributed by atoms with Gasteiger partial charge in [0.05, 0.1) is 0 Å². The van der Waals surface area contributed by atoms with E-state index in [0.717, 1.165) is 56.0 Å². The van der Waals surface area contributed by atoms with Crippen LogP contribution in [0, 0.1) is 0 Å². The monoisotopic (exact) mass is 577 g/mol. The van der Waals surface area contributed by atoms with Gasteiger partial charge in [0.2, 0.25) is 0 Å². The third kappa shape index (κ3) is 7.30. The molecule has 0 saturated carbocycles. The lowest BCUT2D eigenvalue weighted by atomic mass is 9.89. The fourth-order valence-electron chi connectivity index (χ4n) is 5.44. The third-order valence-electron chi connectivity index (χ3n) is 7.66. The molecule has 13 heteroatoms. The number of rotatable bonds is 5. The largest absolute Gasteiger partial charge is 0.492 e. The van der Waals surface area contributed by atoms with Gasteiger partial charge in [0, 0.05) is 58.7 Å². The minimum absolute atomic E-state index is 0.249. The van der Waals surface area contributed by atoms with Crippen LogP contribution >= 0.6 is 0 Å². The van der Waals surface area contributed by atoms with Crippen molar-refractivity contribution in [2.45, 2.75) is 64.1 Å². The van der Waals surface area contributed by atoms with E-state index in [2.05, 4.69) is 37.2 Å². The Morgan fingerprint density at radius 1 is 0.951 bits per heavy atom. The van der Waals surface area contributed by atoms with Gasteiger partial charge >= 0.3 is 12.3 Å². The average Bonchev–Trinajstić information content (AvgIpc) is 3.37. The molecule has 3 aliphatic heterocycles. The van der Waals surface area contributed by atoms with E-state index in [-0.39, 0.29) is 11.9 Å². The summed E-state index contributed by atoms with van der Waals surface area (Å²) in [6.45, 7) is 11.3. The number of piperazine rings is 1. The number of amides is 1. The first kappa shape index (κ1) is 29.2. The summed E-state index contributed by atoms with van der Waals surface area (Å²) in [5, 5.41) is 11.2. The van der Waals surface area contributed by atoms with E-state index in [9.17, 15) is 18.0 Å². The van der Waals surface area contributed by atoms with Crippen LogP contribution in [0.4, 0.5) is 18.0 Å². The number of halogens is 3. The number of piperidine rings is 1. The number of carbonyl (C=O) groups excluding carboxylic acids is 1. The van der Waals surface area contributed by atoms with E-state index in [1.54, 1.807) is 4.90 Å². The van der Waals surface area contributed by atoms with Gasteiger partial charge in [0.1, 0.15) is 23.8 Å². The second-order valence-corrected chi connectivity index (χ2v) is 11.8. The number of hydrogen-bond donors (Lipinski definition) is 0. The second kappa shape index (κ2) is 11.9. The topological polar surface area (TPSA) is 88.3 Å². The summed E-state index contributed by atoms with van der Waals surface area (Å²) in [4.78, 5) is 18.4. The Morgan fingerprint density at radius 2 is 1.63 bits per heavy atom. The normalized spacial score (nSPS) is 19.1. The number of carbonyl (C=O) groups is 1. The van der Waals surface area contributed by atoms with Gasteiger partial charge in [0.25, 0.3) is 5.82 Å². The van der Waals surface area contributed by atoms with E-state index in [0.29, 0.717) is 44.3 Å². The molecule has 2 fully saturated rings. The summed E-state index contributed by atoms with van der Waals surface area (Å²) in [7, 11) is 0. The highest BCUT2D eigenvalue weighted by atomic mass is 19.4. The molecule has 2 aromatic rings. The van der Waals surface area contributed by atoms with Gasteiger partial charge in [0.15, 0.2) is 5.82 Å². The Kier molecular flexibility index (Phi) is 8.44. The lowest BCUT2D eigenvalue weighted by molar-refractivity contribution is -0.147. The summed E-state index contributed by atoms with van der Waals surface area (Å²) in [5.41, 5.74) is 0.748. The van der Waals surface area contributed by atoms with Gasteiger partial charge < -0.3 is 19.3 Å². The van der Waals surface area contributed by atoms with Crippen LogP contribution in [0.1, 0.15) is 63.2 Å². The van der Waals surface area contributed by atoms with E-state index < -0.39 is 17.6 Å². The molecule has 1 amide bonds. The van der Waals surface area contributed by atoms with Crippen molar-refractivity contribution >= 4 is 11.9 Å². The molecular formula is C28H38F3N7O3. The van der Waals surface area contributed by atoms with E-state index in [4.69, 9.17) is 9.47 Å². The maximum absolute atomic E-state index is 13.2. The number of fused-ring (bicyclic) bond motifs is 1. The molecule has 4 heterocycles. The zero-order valence-corrected chi connectivity index (χ0v) is 23.9. The molecule has 0 unspecified atom stereocenters. The van der Waals surface area contributed by atoms with E-state index >= 15 is 0 Å². The summed E-state index contributed by atoms with van der Waals surface area (Å²) in [6.07, 6.45) is -2.09. The quantitative estimate of drug-likeness (QED) is 0.526. The van der Waals surface area contributed by atoms with Gasteiger partial charge in [-0.3, -0.25) is 4.90 Å². The average molecular weight is 578 g/mol. The van der Waals surface area contributed by atoms with Crippen molar-refractivity contribution in [1.82, 2.24) is 29.6 Å². The van der Waals surface area contributed by atoms with Crippen LogP contribution in [0.3, 0.4) is 0 Å². The van der Waals surface area contributed by atoms with E-state index in [1.165, 1.54) is 5.56 Å². The van der Waals surface area contributed by atoms with Crippen molar-refractivity contribution in [3.63, 3.8) is 0 Å². The standard InChI is InChI=1S/C28H38F3N7O3/c1-27(2,3)41-26(39)37-16-14-35(15-17-37)18-19-40-22-6-4-20(5-7-22)21-10-12-36(13-11-21)24-9-8-23-32-33-25(28(29,30)31)38(23)34-24/h4-7,21H,8-19H2,1-3H3. The van der Waals surface area contributed by atoms with Crippen molar-refractivity contribution in [3.8, 4) is 5.75 Å². The minimum atomic E-state index is -4.58. The van der Waals surface area contributed by atoms with Gasteiger partial charge in [-0.05, 0) is 57.2 Å². The van der Waals surface area contributed by atoms with Gasteiger partial charge in [-0.15, -0.1) is 10.2 Å². The predicted molar refractivity (Wildman–Crippen MR) is 146 cm³/mol. The highest BCUT2D eigenvalue weighted by Crippen LogP contribution is 2.32. The number of hydrogen-bond acceptors (Lipinski definition) is 8. The fourth-order valence-corrected chi connectivity index (χ4v) is 5.44. The molecule has 5 rings (SSSR count). The second-order valence-electron chi connectivity index (χ2n) is 11.8. The first-order valence-electron chi connectivity index (χ1n) is 14.2. The Labute approximate surface area is 238 Å². The number of ether oxygens (including phenoxy) is 2. The molecule has 0 radical (unpaired) electrons. The lowest BCUT2D eigenvalue weighted by Gasteiger charge is -2.35. The Morgan fingerprint density at radius 3 is 2.27 bits per heavy atom. The third-order valence-corrected chi connectivity index (χ3v) is 7.66. The zero-order valence-electron chi connectivity index (χ0n) is 23.9. The first-order valence-corrected chi connectivity index (χ1v) is 14.2. The summed E-state index contributed by atoms with van der Waals surface area (Å²) < 4.78 is 52.0. The molecule has 0 aliphatic carbocycles. The molecule has 10 nitrogen and oxygen atoms in total. The Bertz CT molecular complexity index is 1220. The summed E-state index contributed by atoms with van der Waals surface area (Å²) in [5.74, 6) is 1.04. The smallest absolute Gasteiger partial charge is 0.453 e.